The van der Waals surface area contributed by atoms with Crippen molar-refractivity contribution in [3.05, 3.63) is 29.8 Å². The van der Waals surface area contributed by atoms with Gasteiger partial charge in [0.05, 0.1) is 25.5 Å². The summed E-state index contributed by atoms with van der Waals surface area (Å²) in [5.41, 5.74) is 4.75. The van der Waals surface area contributed by atoms with E-state index in [1.54, 1.807) is 0 Å². The Labute approximate surface area is 142 Å². The molecule has 4 rings (SSSR count). The van der Waals surface area contributed by atoms with Crippen molar-refractivity contribution >= 4 is 5.70 Å². The topological polar surface area (TPSA) is 49.0 Å². The Kier molecular flexibility index (Phi) is 4.37. The molecule has 130 valence electrons. The van der Waals surface area contributed by atoms with Gasteiger partial charge in [0.25, 0.3) is 0 Å². The zero-order valence-electron chi connectivity index (χ0n) is 14.2. The van der Waals surface area contributed by atoms with Gasteiger partial charge in [-0.25, -0.2) is 0 Å². The van der Waals surface area contributed by atoms with Crippen LogP contribution in [0.25, 0.3) is 5.70 Å². The van der Waals surface area contributed by atoms with E-state index in [1.165, 1.54) is 12.8 Å². The second-order valence-electron chi connectivity index (χ2n) is 6.89. The monoisotopic (exact) mass is 331 g/mol. The molecule has 24 heavy (non-hydrogen) atoms. The molecule has 1 N–H and O–H groups in total. The van der Waals surface area contributed by atoms with Gasteiger partial charge in [-0.15, -0.1) is 0 Å². The Hall–Kier alpha value is -1.72. The molecule has 1 aromatic carbocycles. The predicted molar refractivity (Wildman–Crippen MR) is 90.8 cm³/mol. The van der Waals surface area contributed by atoms with Gasteiger partial charge in [0.1, 0.15) is 5.60 Å². The number of benzene rings is 1. The summed E-state index contributed by atoms with van der Waals surface area (Å²) < 4.78 is 17.3. The molecule has 2 heterocycles. The first kappa shape index (κ1) is 15.8. The molecule has 1 aliphatic carbocycles. The third-order valence-electron chi connectivity index (χ3n) is 4.68. The summed E-state index contributed by atoms with van der Waals surface area (Å²) in [6, 6.07) is 6.09. The summed E-state index contributed by atoms with van der Waals surface area (Å²) in [6.45, 7) is 4.92. The normalized spacial score (nSPS) is 25.6. The Balaban J connectivity index is 1.54. The minimum atomic E-state index is -0.319. The van der Waals surface area contributed by atoms with E-state index in [9.17, 15) is 0 Å². The van der Waals surface area contributed by atoms with E-state index in [0.717, 1.165) is 54.7 Å². The van der Waals surface area contributed by atoms with Crippen molar-refractivity contribution in [2.45, 2.75) is 38.2 Å². The summed E-state index contributed by atoms with van der Waals surface area (Å²) >= 11 is 0. The standard InChI is InChI=1S/C19H25NO4/c1-2-8-22-18-10-15(5-6-17(18)23-12-14-3-4-14)16-11-19(24-20-16)7-9-21-13-19/h5-6,10-11,14,20H,2-4,7-9,12-13H2,1H3. The Bertz CT molecular complexity index is 618. The van der Waals surface area contributed by atoms with Crippen molar-refractivity contribution in [1.82, 2.24) is 5.48 Å². The largest absolute Gasteiger partial charge is 0.490 e. The van der Waals surface area contributed by atoms with Gasteiger partial charge < -0.3 is 14.2 Å². The third kappa shape index (κ3) is 3.37. The summed E-state index contributed by atoms with van der Waals surface area (Å²) in [6.07, 6.45) is 6.54. The lowest BCUT2D eigenvalue weighted by molar-refractivity contribution is -0.0373. The zero-order chi connectivity index (χ0) is 16.4. The molecule has 0 amide bonds. The van der Waals surface area contributed by atoms with Crippen molar-refractivity contribution < 1.29 is 19.0 Å². The SMILES string of the molecule is CCCOc1cc(C2=CC3(CCOC3)ON2)ccc1OCC1CC1. The summed E-state index contributed by atoms with van der Waals surface area (Å²) in [5.74, 6) is 2.36. The average Bonchev–Trinajstić information content (AvgIpc) is 3.18. The summed E-state index contributed by atoms with van der Waals surface area (Å²) in [5, 5.41) is 0. The number of hydrogen-bond acceptors (Lipinski definition) is 5. The third-order valence-corrected chi connectivity index (χ3v) is 4.68. The molecule has 3 aliphatic rings. The molecular formula is C19H25NO4. The van der Waals surface area contributed by atoms with E-state index in [2.05, 4.69) is 24.5 Å². The van der Waals surface area contributed by atoms with Gasteiger partial charge in [-0.2, -0.15) is 0 Å². The molecule has 0 bridgehead atoms. The summed E-state index contributed by atoms with van der Waals surface area (Å²) in [7, 11) is 0. The first-order valence-electron chi connectivity index (χ1n) is 8.93. The average molecular weight is 331 g/mol. The molecule has 1 saturated heterocycles. The maximum absolute atomic E-state index is 5.95. The number of nitrogens with one attached hydrogen (secondary N) is 1. The van der Waals surface area contributed by atoms with Crippen LogP contribution in [0.4, 0.5) is 0 Å². The molecule has 0 aromatic heterocycles. The second-order valence-corrected chi connectivity index (χ2v) is 6.89. The quantitative estimate of drug-likeness (QED) is 0.831. The lowest BCUT2D eigenvalue weighted by Gasteiger charge is -2.15. The minimum absolute atomic E-state index is 0.319. The number of hydroxylamine groups is 1. The Morgan fingerprint density at radius 3 is 2.92 bits per heavy atom. The van der Waals surface area contributed by atoms with Crippen LogP contribution in [0.1, 0.15) is 38.2 Å². The Morgan fingerprint density at radius 2 is 2.17 bits per heavy atom. The number of rotatable bonds is 7. The molecule has 1 unspecified atom stereocenters. The number of ether oxygens (including phenoxy) is 3. The molecule has 2 fully saturated rings. The molecule has 0 radical (unpaired) electrons. The highest BCUT2D eigenvalue weighted by molar-refractivity contribution is 5.68. The predicted octanol–water partition coefficient (Wildman–Crippen LogP) is 3.30. The second kappa shape index (κ2) is 6.65. The maximum atomic E-state index is 5.95. The molecule has 5 heteroatoms. The van der Waals surface area contributed by atoms with Gasteiger partial charge in [-0.3, -0.25) is 10.3 Å². The lowest BCUT2D eigenvalue weighted by Crippen LogP contribution is -2.29. The smallest absolute Gasteiger partial charge is 0.161 e. The van der Waals surface area contributed by atoms with E-state index < -0.39 is 0 Å². The van der Waals surface area contributed by atoms with E-state index >= 15 is 0 Å². The van der Waals surface area contributed by atoms with Crippen LogP contribution in [0, 0.1) is 5.92 Å². The first-order chi connectivity index (χ1) is 11.8. The highest BCUT2D eigenvalue weighted by atomic mass is 16.7. The van der Waals surface area contributed by atoms with E-state index in [0.29, 0.717) is 13.2 Å². The van der Waals surface area contributed by atoms with Crippen LogP contribution in [0.15, 0.2) is 24.3 Å². The van der Waals surface area contributed by atoms with E-state index in [4.69, 9.17) is 19.0 Å². The van der Waals surface area contributed by atoms with Crippen molar-refractivity contribution in [2.24, 2.45) is 5.92 Å². The molecule has 1 aromatic rings. The van der Waals surface area contributed by atoms with Gasteiger partial charge in [0.2, 0.25) is 0 Å². The molecular weight excluding hydrogens is 306 g/mol. The van der Waals surface area contributed by atoms with Gasteiger partial charge >= 0.3 is 0 Å². The molecule has 2 aliphatic heterocycles. The maximum Gasteiger partial charge on any atom is 0.161 e. The van der Waals surface area contributed by atoms with Crippen molar-refractivity contribution in [1.29, 1.82) is 0 Å². The lowest BCUT2D eigenvalue weighted by atomic mass is 10.0. The van der Waals surface area contributed by atoms with E-state index in [1.807, 2.05) is 12.1 Å². The fourth-order valence-corrected chi connectivity index (χ4v) is 2.99. The van der Waals surface area contributed by atoms with Gasteiger partial charge in [-0.05, 0) is 49.5 Å². The van der Waals surface area contributed by atoms with E-state index in [-0.39, 0.29) is 5.60 Å². The fourth-order valence-electron chi connectivity index (χ4n) is 2.99. The highest BCUT2D eigenvalue weighted by Crippen LogP contribution is 2.37. The van der Waals surface area contributed by atoms with Crippen LogP contribution in [-0.2, 0) is 9.57 Å². The van der Waals surface area contributed by atoms with Gasteiger partial charge in [0, 0.05) is 18.6 Å². The molecule has 1 atom stereocenters. The minimum Gasteiger partial charge on any atom is -0.490 e. The number of hydrogen-bond donors (Lipinski definition) is 1. The van der Waals surface area contributed by atoms with Crippen LogP contribution < -0.4 is 15.0 Å². The van der Waals surface area contributed by atoms with Crippen molar-refractivity contribution in [2.75, 3.05) is 26.4 Å². The van der Waals surface area contributed by atoms with Crippen LogP contribution in [0.3, 0.4) is 0 Å². The van der Waals surface area contributed by atoms with Crippen molar-refractivity contribution in [3.8, 4) is 11.5 Å². The molecule has 5 nitrogen and oxygen atoms in total. The van der Waals surface area contributed by atoms with Gasteiger partial charge in [-0.1, -0.05) is 6.92 Å². The van der Waals surface area contributed by atoms with Crippen LogP contribution in [0.2, 0.25) is 0 Å². The summed E-state index contributed by atoms with van der Waals surface area (Å²) in [4.78, 5) is 5.77. The van der Waals surface area contributed by atoms with Crippen molar-refractivity contribution in [3.63, 3.8) is 0 Å². The molecule has 1 saturated carbocycles. The highest BCUT2D eigenvalue weighted by Gasteiger charge is 2.39. The first-order valence-corrected chi connectivity index (χ1v) is 8.93. The zero-order valence-corrected chi connectivity index (χ0v) is 14.2. The van der Waals surface area contributed by atoms with Crippen LogP contribution >= 0.6 is 0 Å². The van der Waals surface area contributed by atoms with Gasteiger partial charge in [0.15, 0.2) is 11.5 Å². The van der Waals surface area contributed by atoms with Crippen LogP contribution in [-0.4, -0.2) is 32.0 Å². The fraction of sp³-hybridized carbons (Fsp3) is 0.579. The molecule has 1 spiro atoms. The Morgan fingerprint density at radius 1 is 1.25 bits per heavy atom. The van der Waals surface area contributed by atoms with Crippen LogP contribution in [0.5, 0.6) is 11.5 Å².